The summed E-state index contributed by atoms with van der Waals surface area (Å²) in [6, 6.07) is 10.5. The maximum Gasteiger partial charge on any atom is 0.407 e. The quantitative estimate of drug-likeness (QED) is 0.845. The topological polar surface area (TPSA) is 38.3 Å². The van der Waals surface area contributed by atoms with E-state index in [9.17, 15) is 4.79 Å². The van der Waals surface area contributed by atoms with Gasteiger partial charge >= 0.3 is 6.09 Å². The second kappa shape index (κ2) is 5.01. The van der Waals surface area contributed by atoms with Crippen molar-refractivity contribution in [2.75, 3.05) is 0 Å². The van der Waals surface area contributed by atoms with Gasteiger partial charge in [-0.15, -0.1) is 0 Å². The van der Waals surface area contributed by atoms with Gasteiger partial charge in [0.25, 0.3) is 0 Å². The van der Waals surface area contributed by atoms with Crippen molar-refractivity contribution in [3.05, 3.63) is 35.9 Å². The van der Waals surface area contributed by atoms with E-state index < -0.39 is 0 Å². The summed E-state index contributed by atoms with van der Waals surface area (Å²) in [6.07, 6.45) is 2.78. The van der Waals surface area contributed by atoms with E-state index in [1.807, 2.05) is 13.0 Å². The van der Waals surface area contributed by atoms with Crippen LogP contribution in [0.2, 0.25) is 0 Å². The molecule has 0 radical (unpaired) electrons. The van der Waals surface area contributed by atoms with E-state index >= 15 is 0 Å². The molecule has 0 saturated carbocycles. The van der Waals surface area contributed by atoms with Gasteiger partial charge in [-0.3, -0.25) is 0 Å². The van der Waals surface area contributed by atoms with Crippen LogP contribution in [0.1, 0.15) is 25.3 Å². The molecule has 1 N–H and O–H groups in total. The molecule has 0 aromatic heterocycles. The van der Waals surface area contributed by atoms with Gasteiger partial charge in [0.2, 0.25) is 0 Å². The number of carbonyl (C=O) groups is 1. The Kier molecular flexibility index (Phi) is 3.44. The van der Waals surface area contributed by atoms with E-state index in [0.717, 1.165) is 19.3 Å². The average Bonchev–Trinajstić information content (AvgIpc) is 2.59. The Hall–Kier alpha value is -1.51. The van der Waals surface area contributed by atoms with Gasteiger partial charge in [-0.2, -0.15) is 0 Å². The molecule has 1 amide bonds. The van der Waals surface area contributed by atoms with Crippen molar-refractivity contribution in [1.82, 2.24) is 5.32 Å². The summed E-state index contributed by atoms with van der Waals surface area (Å²) in [6.45, 7) is 1.98. The molecule has 1 heterocycles. The molecule has 1 fully saturated rings. The Bertz CT molecular complexity index is 350. The van der Waals surface area contributed by atoms with Crippen molar-refractivity contribution < 1.29 is 9.53 Å². The van der Waals surface area contributed by atoms with Crippen molar-refractivity contribution >= 4 is 6.09 Å². The van der Waals surface area contributed by atoms with Crippen LogP contribution in [0.25, 0.3) is 0 Å². The lowest BCUT2D eigenvalue weighted by molar-refractivity contribution is 0.126. The van der Waals surface area contributed by atoms with Crippen molar-refractivity contribution in [2.45, 2.75) is 38.3 Å². The molecule has 1 aliphatic heterocycles. The normalized spacial score (nSPS) is 23.9. The lowest BCUT2D eigenvalue weighted by atomic mass is 10.0. The van der Waals surface area contributed by atoms with E-state index in [-0.39, 0.29) is 18.2 Å². The molecule has 0 bridgehead atoms. The van der Waals surface area contributed by atoms with Crippen LogP contribution < -0.4 is 5.32 Å². The summed E-state index contributed by atoms with van der Waals surface area (Å²) in [5, 5.41) is 2.75. The zero-order valence-electron chi connectivity index (χ0n) is 9.48. The minimum absolute atomic E-state index is 0.0382. The van der Waals surface area contributed by atoms with Crippen LogP contribution in [-0.4, -0.2) is 18.2 Å². The average molecular weight is 219 g/mol. The summed E-state index contributed by atoms with van der Waals surface area (Å²) in [5.41, 5.74) is 1.34. The van der Waals surface area contributed by atoms with Crippen molar-refractivity contribution in [3.63, 3.8) is 0 Å². The first-order valence-corrected chi connectivity index (χ1v) is 5.77. The molecule has 3 heteroatoms. The van der Waals surface area contributed by atoms with Crippen LogP contribution in [0.3, 0.4) is 0 Å². The number of amides is 1. The third-order valence-corrected chi connectivity index (χ3v) is 2.96. The van der Waals surface area contributed by atoms with Crippen LogP contribution >= 0.6 is 0 Å². The molecule has 0 unspecified atom stereocenters. The van der Waals surface area contributed by atoms with E-state index in [1.165, 1.54) is 5.56 Å². The number of rotatable bonds is 4. The van der Waals surface area contributed by atoms with E-state index in [4.69, 9.17) is 4.74 Å². The molecule has 1 aliphatic rings. The Balaban J connectivity index is 1.74. The van der Waals surface area contributed by atoms with Crippen molar-refractivity contribution in [3.8, 4) is 0 Å². The number of benzene rings is 1. The van der Waals surface area contributed by atoms with E-state index in [1.54, 1.807) is 0 Å². The Morgan fingerprint density at radius 2 is 2.06 bits per heavy atom. The summed E-state index contributed by atoms with van der Waals surface area (Å²) >= 11 is 0. The lowest BCUT2D eigenvalue weighted by Gasteiger charge is -2.12. The van der Waals surface area contributed by atoms with Gasteiger partial charge in [0.15, 0.2) is 0 Å². The molecule has 0 aliphatic carbocycles. The number of ether oxygens (including phenoxy) is 1. The highest BCUT2D eigenvalue weighted by molar-refractivity contribution is 5.70. The third-order valence-electron chi connectivity index (χ3n) is 2.96. The highest BCUT2D eigenvalue weighted by atomic mass is 16.6. The second-order valence-corrected chi connectivity index (χ2v) is 4.25. The highest BCUT2D eigenvalue weighted by Gasteiger charge is 2.29. The second-order valence-electron chi connectivity index (χ2n) is 4.25. The first-order valence-electron chi connectivity index (χ1n) is 5.77. The molecule has 1 saturated heterocycles. The van der Waals surface area contributed by atoms with Gasteiger partial charge in [0.1, 0.15) is 6.10 Å². The van der Waals surface area contributed by atoms with Gasteiger partial charge < -0.3 is 10.1 Å². The molecular weight excluding hydrogens is 202 g/mol. The molecule has 86 valence electrons. The summed E-state index contributed by atoms with van der Waals surface area (Å²) in [5.74, 6) is 0. The Morgan fingerprint density at radius 1 is 1.31 bits per heavy atom. The van der Waals surface area contributed by atoms with Crippen LogP contribution in [0.15, 0.2) is 30.3 Å². The maximum absolute atomic E-state index is 11.0. The Morgan fingerprint density at radius 3 is 2.69 bits per heavy atom. The van der Waals surface area contributed by atoms with Crippen LogP contribution in [-0.2, 0) is 11.2 Å². The number of cyclic esters (lactones) is 1. The molecule has 16 heavy (non-hydrogen) atoms. The van der Waals surface area contributed by atoms with Crippen molar-refractivity contribution in [2.24, 2.45) is 0 Å². The molecule has 3 nitrogen and oxygen atoms in total. The predicted octanol–water partition coefficient (Wildman–Crippen LogP) is 2.51. The molecule has 0 spiro atoms. The maximum atomic E-state index is 11.0. The summed E-state index contributed by atoms with van der Waals surface area (Å²) in [4.78, 5) is 11.0. The largest absolute Gasteiger partial charge is 0.444 e. The first-order chi connectivity index (χ1) is 7.75. The highest BCUT2D eigenvalue weighted by Crippen LogP contribution is 2.15. The molecular formula is C13H17NO2. The zero-order chi connectivity index (χ0) is 11.4. The third kappa shape index (κ3) is 2.75. The molecule has 2 atom stereocenters. The standard InChI is InChI=1S/C13H17NO2/c1-10-12(16-13(15)14-10)9-5-8-11-6-3-2-4-7-11/h2-4,6-7,10,12H,5,8-9H2,1H3,(H,14,15)/t10-,12+/m0/s1. The van der Waals surface area contributed by atoms with Gasteiger partial charge in [-0.05, 0) is 31.7 Å². The van der Waals surface area contributed by atoms with Gasteiger partial charge in [-0.25, -0.2) is 4.79 Å². The van der Waals surface area contributed by atoms with E-state index in [0.29, 0.717) is 0 Å². The van der Waals surface area contributed by atoms with Gasteiger partial charge in [-0.1, -0.05) is 30.3 Å². The molecule has 2 rings (SSSR count). The SMILES string of the molecule is C[C@@H]1NC(=O)O[C@@H]1CCCc1ccccc1. The Labute approximate surface area is 95.8 Å². The van der Waals surface area contributed by atoms with Crippen LogP contribution in [0.4, 0.5) is 4.79 Å². The molecule has 1 aromatic rings. The van der Waals surface area contributed by atoms with Crippen molar-refractivity contribution in [1.29, 1.82) is 0 Å². The first kappa shape index (κ1) is 11.0. The fraction of sp³-hybridized carbons (Fsp3) is 0.462. The molecule has 1 aromatic carbocycles. The van der Waals surface area contributed by atoms with Gasteiger partial charge in [0.05, 0.1) is 6.04 Å². The number of aryl methyl sites for hydroxylation is 1. The lowest BCUT2D eigenvalue weighted by Crippen LogP contribution is -2.27. The predicted molar refractivity (Wildman–Crippen MR) is 62.2 cm³/mol. The van der Waals surface area contributed by atoms with Gasteiger partial charge in [0, 0.05) is 0 Å². The fourth-order valence-corrected chi connectivity index (χ4v) is 2.01. The number of hydrogen-bond donors (Lipinski definition) is 1. The minimum Gasteiger partial charge on any atom is -0.444 e. The van der Waals surface area contributed by atoms with E-state index in [2.05, 4.69) is 29.6 Å². The zero-order valence-corrected chi connectivity index (χ0v) is 9.48. The number of carbonyl (C=O) groups excluding carboxylic acids is 1. The van der Waals surface area contributed by atoms with Crippen LogP contribution in [0, 0.1) is 0 Å². The minimum atomic E-state index is -0.280. The smallest absolute Gasteiger partial charge is 0.407 e. The number of hydrogen-bond acceptors (Lipinski definition) is 2. The summed E-state index contributed by atoms with van der Waals surface area (Å²) < 4.78 is 5.16. The summed E-state index contributed by atoms with van der Waals surface area (Å²) in [7, 11) is 0. The number of alkyl carbamates (subject to hydrolysis) is 1. The van der Waals surface area contributed by atoms with Crippen LogP contribution in [0.5, 0.6) is 0 Å². The monoisotopic (exact) mass is 219 g/mol. The fourth-order valence-electron chi connectivity index (χ4n) is 2.01. The number of nitrogens with one attached hydrogen (secondary N) is 1.